The molecule has 1 heteroatoms. The van der Waals surface area contributed by atoms with Gasteiger partial charge >= 0.3 is 0 Å². The molecule has 1 rings (SSSR count). The van der Waals surface area contributed by atoms with E-state index in [1.165, 1.54) is 6.42 Å². The van der Waals surface area contributed by atoms with Crippen molar-refractivity contribution in [3.05, 3.63) is 0 Å². The average Bonchev–Trinajstić information content (AvgIpc) is 2.17. The van der Waals surface area contributed by atoms with Crippen LogP contribution in [0.15, 0.2) is 0 Å². The van der Waals surface area contributed by atoms with Gasteiger partial charge in [-0.15, -0.1) is 11.6 Å². The molecule has 0 aromatic rings. The van der Waals surface area contributed by atoms with Gasteiger partial charge in [-0.1, -0.05) is 20.8 Å². The molecule has 0 N–H and O–H groups in total. The minimum Gasteiger partial charge on any atom is -0.122 e. The fourth-order valence-corrected chi connectivity index (χ4v) is 1.51. The highest BCUT2D eigenvalue weighted by Crippen LogP contribution is 2.54. The third-order valence-electron chi connectivity index (χ3n) is 2.49. The summed E-state index contributed by atoms with van der Waals surface area (Å²) in [5.41, 5.74) is 0.474. The van der Waals surface area contributed by atoms with Crippen molar-refractivity contribution in [1.29, 1.82) is 0 Å². The summed E-state index contributed by atoms with van der Waals surface area (Å²) >= 11 is 5.89. The van der Waals surface area contributed by atoms with Crippen molar-refractivity contribution in [2.24, 2.45) is 11.3 Å². The van der Waals surface area contributed by atoms with Crippen LogP contribution in [0.5, 0.6) is 0 Å². The molecule has 2 unspecified atom stereocenters. The Kier molecular flexibility index (Phi) is 1.31. The highest BCUT2D eigenvalue weighted by atomic mass is 35.5. The molecule has 1 saturated carbocycles. The van der Waals surface area contributed by atoms with Gasteiger partial charge in [0.05, 0.1) is 0 Å². The molecule has 1 fully saturated rings. The van der Waals surface area contributed by atoms with Crippen molar-refractivity contribution in [2.45, 2.75) is 32.6 Å². The van der Waals surface area contributed by atoms with Gasteiger partial charge in [-0.05, 0) is 17.8 Å². The van der Waals surface area contributed by atoms with E-state index in [2.05, 4.69) is 20.8 Å². The van der Waals surface area contributed by atoms with Crippen molar-refractivity contribution in [3.8, 4) is 0 Å². The van der Waals surface area contributed by atoms with Gasteiger partial charge in [0.15, 0.2) is 0 Å². The summed E-state index contributed by atoms with van der Waals surface area (Å²) in [5.74, 6) is 0.755. The van der Waals surface area contributed by atoms with Gasteiger partial charge in [0, 0.05) is 5.38 Å². The Hall–Kier alpha value is 0.290. The zero-order valence-corrected chi connectivity index (χ0v) is 6.50. The Balaban J connectivity index is 2.47. The first-order valence-electron chi connectivity index (χ1n) is 3.21. The second kappa shape index (κ2) is 1.63. The van der Waals surface area contributed by atoms with Gasteiger partial charge < -0.3 is 0 Å². The molecular formula is C7H13Cl. The highest BCUT2D eigenvalue weighted by molar-refractivity contribution is 6.23. The summed E-state index contributed by atoms with van der Waals surface area (Å²) in [6, 6.07) is 0. The predicted octanol–water partition coefficient (Wildman–Crippen LogP) is 2.66. The predicted molar refractivity (Wildman–Crippen MR) is 37.2 cm³/mol. The van der Waals surface area contributed by atoms with E-state index in [4.69, 9.17) is 11.6 Å². The van der Waals surface area contributed by atoms with E-state index in [0.29, 0.717) is 10.8 Å². The standard InChI is InChI=1S/C7H13Cl/c1-5(2)7(3)4-6(7)8/h5-6H,4H2,1-3H3. The number of hydrogen-bond donors (Lipinski definition) is 0. The molecular weight excluding hydrogens is 120 g/mol. The van der Waals surface area contributed by atoms with Gasteiger partial charge in [-0.25, -0.2) is 0 Å². The monoisotopic (exact) mass is 132 g/mol. The Morgan fingerprint density at radius 3 is 2.00 bits per heavy atom. The lowest BCUT2D eigenvalue weighted by molar-refractivity contribution is 0.399. The molecule has 1 aliphatic rings. The third-order valence-corrected chi connectivity index (χ3v) is 3.15. The average molecular weight is 133 g/mol. The lowest BCUT2D eigenvalue weighted by Gasteiger charge is -2.11. The molecule has 48 valence electrons. The molecule has 0 radical (unpaired) electrons. The first kappa shape index (κ1) is 6.41. The van der Waals surface area contributed by atoms with Crippen molar-refractivity contribution < 1.29 is 0 Å². The minimum atomic E-state index is 0.461. The molecule has 0 bridgehead atoms. The maximum absolute atomic E-state index is 5.89. The normalized spacial score (nSPS) is 45.4. The van der Waals surface area contributed by atoms with Crippen LogP contribution in [0.25, 0.3) is 0 Å². The summed E-state index contributed by atoms with van der Waals surface area (Å²) in [7, 11) is 0. The minimum absolute atomic E-state index is 0.461. The smallest absolute Gasteiger partial charge is 0.0398 e. The Bertz CT molecular complexity index is 98.6. The van der Waals surface area contributed by atoms with Crippen LogP contribution in [-0.2, 0) is 0 Å². The van der Waals surface area contributed by atoms with Crippen LogP contribution < -0.4 is 0 Å². The number of hydrogen-bond acceptors (Lipinski definition) is 0. The van der Waals surface area contributed by atoms with Crippen molar-refractivity contribution in [2.75, 3.05) is 0 Å². The zero-order valence-electron chi connectivity index (χ0n) is 5.74. The van der Waals surface area contributed by atoms with Crippen LogP contribution in [0, 0.1) is 11.3 Å². The van der Waals surface area contributed by atoms with E-state index >= 15 is 0 Å². The maximum atomic E-state index is 5.89. The van der Waals surface area contributed by atoms with Crippen LogP contribution in [0.4, 0.5) is 0 Å². The zero-order chi connectivity index (χ0) is 6.36. The quantitative estimate of drug-likeness (QED) is 0.482. The van der Waals surface area contributed by atoms with E-state index in [1.807, 2.05) is 0 Å². The lowest BCUT2D eigenvalue weighted by atomic mass is 9.95. The molecule has 0 spiro atoms. The van der Waals surface area contributed by atoms with Crippen LogP contribution in [-0.4, -0.2) is 5.38 Å². The van der Waals surface area contributed by atoms with Gasteiger partial charge in [-0.3, -0.25) is 0 Å². The number of alkyl halides is 1. The molecule has 0 aliphatic heterocycles. The van der Waals surface area contributed by atoms with Crippen LogP contribution >= 0.6 is 11.6 Å². The summed E-state index contributed by atoms with van der Waals surface area (Å²) in [6.45, 7) is 6.74. The molecule has 8 heavy (non-hydrogen) atoms. The highest BCUT2D eigenvalue weighted by Gasteiger charge is 2.50. The first-order valence-corrected chi connectivity index (χ1v) is 3.65. The molecule has 0 aromatic heterocycles. The summed E-state index contributed by atoms with van der Waals surface area (Å²) in [6.07, 6.45) is 1.21. The van der Waals surface area contributed by atoms with E-state index in [-0.39, 0.29) is 0 Å². The van der Waals surface area contributed by atoms with Gasteiger partial charge in [0.2, 0.25) is 0 Å². The third kappa shape index (κ3) is 0.753. The molecule has 0 heterocycles. The number of halogens is 1. The van der Waals surface area contributed by atoms with Crippen molar-refractivity contribution in [3.63, 3.8) is 0 Å². The van der Waals surface area contributed by atoms with E-state index < -0.39 is 0 Å². The summed E-state index contributed by atoms with van der Waals surface area (Å²) in [5, 5.41) is 0.461. The Labute approximate surface area is 56.2 Å². The molecule has 0 nitrogen and oxygen atoms in total. The van der Waals surface area contributed by atoms with Crippen LogP contribution in [0.2, 0.25) is 0 Å². The fraction of sp³-hybridized carbons (Fsp3) is 1.00. The van der Waals surface area contributed by atoms with E-state index in [0.717, 1.165) is 5.92 Å². The summed E-state index contributed by atoms with van der Waals surface area (Å²) < 4.78 is 0. The molecule has 1 aliphatic carbocycles. The first-order chi connectivity index (χ1) is 3.57. The van der Waals surface area contributed by atoms with E-state index in [9.17, 15) is 0 Å². The van der Waals surface area contributed by atoms with Crippen molar-refractivity contribution in [1.82, 2.24) is 0 Å². The molecule has 0 amide bonds. The summed E-state index contributed by atoms with van der Waals surface area (Å²) in [4.78, 5) is 0. The molecule has 2 atom stereocenters. The molecule has 0 saturated heterocycles. The van der Waals surface area contributed by atoms with Gasteiger partial charge in [0.1, 0.15) is 0 Å². The van der Waals surface area contributed by atoms with Crippen molar-refractivity contribution >= 4 is 11.6 Å². The maximum Gasteiger partial charge on any atom is 0.0398 e. The second-order valence-electron chi connectivity index (χ2n) is 3.33. The largest absolute Gasteiger partial charge is 0.122 e. The van der Waals surface area contributed by atoms with Gasteiger partial charge in [-0.2, -0.15) is 0 Å². The molecule has 0 aromatic carbocycles. The lowest BCUT2D eigenvalue weighted by Crippen LogP contribution is -2.06. The van der Waals surface area contributed by atoms with Crippen LogP contribution in [0.1, 0.15) is 27.2 Å². The number of rotatable bonds is 1. The fourth-order valence-electron chi connectivity index (χ4n) is 0.925. The van der Waals surface area contributed by atoms with Crippen LogP contribution in [0.3, 0.4) is 0 Å². The Morgan fingerprint density at radius 2 is 2.00 bits per heavy atom. The Morgan fingerprint density at radius 1 is 1.62 bits per heavy atom. The SMILES string of the molecule is CC(C)C1(C)CC1Cl. The van der Waals surface area contributed by atoms with E-state index in [1.54, 1.807) is 0 Å². The topological polar surface area (TPSA) is 0 Å². The second-order valence-corrected chi connectivity index (χ2v) is 3.86. The van der Waals surface area contributed by atoms with Gasteiger partial charge in [0.25, 0.3) is 0 Å².